The molecule has 0 radical (unpaired) electrons. The number of hydrogen-bond donors (Lipinski definition) is 1. The molecule has 22 heavy (non-hydrogen) atoms. The van der Waals surface area contributed by atoms with Crippen LogP contribution in [-0.4, -0.2) is 13.6 Å². The standard InChI is InChI=1S/C13H8Cl2N2O3S2/c14-10-7-12(21-13(10)15)22(18,19)17-9-3-1-8(2-4-9)11-5-6-16-20-11/h1-7,17H. The third-order valence-electron chi connectivity index (χ3n) is 2.75. The third-order valence-corrected chi connectivity index (χ3v) is 6.47. The van der Waals surface area contributed by atoms with Gasteiger partial charge in [-0.05, 0) is 30.3 Å². The molecule has 0 amide bonds. The first-order chi connectivity index (χ1) is 10.5. The van der Waals surface area contributed by atoms with Gasteiger partial charge in [-0.3, -0.25) is 4.72 Å². The fourth-order valence-electron chi connectivity index (χ4n) is 1.73. The zero-order chi connectivity index (χ0) is 15.7. The van der Waals surface area contributed by atoms with Crippen LogP contribution in [0, 0.1) is 0 Å². The first-order valence-corrected chi connectivity index (χ1v) is 9.00. The summed E-state index contributed by atoms with van der Waals surface area (Å²) in [4.78, 5) is 0. The van der Waals surface area contributed by atoms with E-state index in [0.717, 1.165) is 16.9 Å². The largest absolute Gasteiger partial charge is 0.356 e. The first kappa shape index (κ1) is 15.4. The molecule has 0 aliphatic rings. The lowest BCUT2D eigenvalue weighted by Gasteiger charge is -2.06. The Hall–Kier alpha value is -1.54. The molecule has 0 unspecified atom stereocenters. The number of nitrogens with zero attached hydrogens (tertiary/aromatic N) is 1. The Kier molecular flexibility index (Phi) is 4.14. The summed E-state index contributed by atoms with van der Waals surface area (Å²) < 4.78 is 32.3. The van der Waals surface area contributed by atoms with Crippen molar-refractivity contribution in [3.05, 3.63) is 52.0 Å². The molecule has 0 spiro atoms. The maximum atomic E-state index is 12.2. The predicted octanol–water partition coefficient (Wildman–Crippen LogP) is 4.51. The molecule has 0 fully saturated rings. The summed E-state index contributed by atoms with van der Waals surface area (Å²) in [6, 6.07) is 9.76. The summed E-state index contributed by atoms with van der Waals surface area (Å²) in [5.74, 6) is 0.603. The fraction of sp³-hybridized carbons (Fsp3) is 0. The van der Waals surface area contributed by atoms with E-state index in [-0.39, 0.29) is 13.6 Å². The number of rotatable bonds is 4. The van der Waals surface area contributed by atoms with Crippen LogP contribution in [0.4, 0.5) is 5.69 Å². The summed E-state index contributed by atoms with van der Waals surface area (Å²) in [6.07, 6.45) is 1.54. The van der Waals surface area contributed by atoms with E-state index >= 15 is 0 Å². The maximum Gasteiger partial charge on any atom is 0.271 e. The summed E-state index contributed by atoms with van der Waals surface area (Å²) >= 11 is 12.5. The first-order valence-electron chi connectivity index (χ1n) is 5.94. The predicted molar refractivity (Wildman–Crippen MR) is 87.1 cm³/mol. The number of anilines is 1. The Morgan fingerprint density at radius 1 is 1.14 bits per heavy atom. The Balaban J connectivity index is 1.83. The Morgan fingerprint density at radius 3 is 2.41 bits per heavy atom. The van der Waals surface area contributed by atoms with Gasteiger partial charge in [0, 0.05) is 17.3 Å². The molecule has 0 aliphatic carbocycles. The average Bonchev–Trinajstić information content (AvgIpc) is 3.11. The minimum absolute atomic E-state index is 0.0572. The normalized spacial score (nSPS) is 11.5. The van der Waals surface area contributed by atoms with Crippen molar-refractivity contribution in [2.75, 3.05) is 4.72 Å². The van der Waals surface area contributed by atoms with Crippen molar-refractivity contribution in [3.8, 4) is 11.3 Å². The summed E-state index contributed by atoms with van der Waals surface area (Å²) in [6.45, 7) is 0. The van der Waals surface area contributed by atoms with E-state index in [0.29, 0.717) is 11.4 Å². The highest BCUT2D eigenvalue weighted by atomic mass is 35.5. The Bertz CT molecular complexity index is 869. The number of hydrogen-bond acceptors (Lipinski definition) is 5. The quantitative estimate of drug-likeness (QED) is 0.728. The fourth-order valence-corrected chi connectivity index (χ4v) is 4.67. The van der Waals surface area contributed by atoms with E-state index in [1.54, 1.807) is 30.3 Å². The van der Waals surface area contributed by atoms with Crippen molar-refractivity contribution in [1.82, 2.24) is 5.16 Å². The molecule has 3 rings (SSSR count). The van der Waals surface area contributed by atoms with Gasteiger partial charge in [-0.15, -0.1) is 11.3 Å². The number of sulfonamides is 1. The Labute approximate surface area is 140 Å². The molecule has 0 bridgehead atoms. The van der Waals surface area contributed by atoms with Gasteiger partial charge in [0.2, 0.25) is 0 Å². The highest BCUT2D eigenvalue weighted by molar-refractivity contribution is 7.94. The van der Waals surface area contributed by atoms with Crippen molar-refractivity contribution in [2.45, 2.75) is 4.21 Å². The van der Waals surface area contributed by atoms with E-state index in [9.17, 15) is 8.42 Å². The van der Waals surface area contributed by atoms with Crippen molar-refractivity contribution >= 4 is 50.2 Å². The topological polar surface area (TPSA) is 72.2 Å². The van der Waals surface area contributed by atoms with E-state index in [1.165, 1.54) is 12.3 Å². The SMILES string of the molecule is O=S(=O)(Nc1ccc(-c2ccno2)cc1)c1cc(Cl)c(Cl)s1. The van der Waals surface area contributed by atoms with E-state index in [4.69, 9.17) is 27.7 Å². The van der Waals surface area contributed by atoms with E-state index in [1.807, 2.05) is 0 Å². The highest BCUT2D eigenvalue weighted by Crippen LogP contribution is 2.35. The number of aromatic nitrogens is 1. The molecule has 2 heterocycles. The molecule has 0 saturated heterocycles. The van der Waals surface area contributed by atoms with Crippen LogP contribution in [0.25, 0.3) is 11.3 Å². The third kappa shape index (κ3) is 3.12. The van der Waals surface area contributed by atoms with Crippen LogP contribution in [0.2, 0.25) is 9.36 Å². The van der Waals surface area contributed by atoms with Gasteiger partial charge in [-0.25, -0.2) is 8.42 Å². The minimum atomic E-state index is -3.72. The number of benzene rings is 1. The van der Waals surface area contributed by atoms with Crippen LogP contribution in [0.5, 0.6) is 0 Å². The smallest absolute Gasteiger partial charge is 0.271 e. The molecule has 0 aliphatic heterocycles. The number of halogens is 2. The lowest BCUT2D eigenvalue weighted by Crippen LogP contribution is -2.11. The van der Waals surface area contributed by atoms with Crippen LogP contribution in [0.15, 0.2) is 51.3 Å². The van der Waals surface area contributed by atoms with Crippen LogP contribution < -0.4 is 4.72 Å². The zero-order valence-electron chi connectivity index (χ0n) is 10.8. The number of thiophene rings is 1. The molecule has 2 aromatic heterocycles. The molecule has 5 nitrogen and oxygen atoms in total. The molecular formula is C13H8Cl2N2O3S2. The van der Waals surface area contributed by atoms with E-state index < -0.39 is 10.0 Å². The Morgan fingerprint density at radius 2 is 1.86 bits per heavy atom. The lowest BCUT2D eigenvalue weighted by molar-refractivity contribution is 0.432. The van der Waals surface area contributed by atoms with E-state index in [2.05, 4.69) is 9.88 Å². The van der Waals surface area contributed by atoms with Crippen molar-refractivity contribution in [2.24, 2.45) is 0 Å². The summed E-state index contributed by atoms with van der Waals surface area (Å²) in [5, 5.41) is 3.84. The second-order valence-electron chi connectivity index (χ2n) is 4.25. The average molecular weight is 375 g/mol. The van der Waals surface area contributed by atoms with Crippen LogP contribution >= 0.6 is 34.5 Å². The molecule has 0 atom stereocenters. The molecular weight excluding hydrogens is 367 g/mol. The summed E-state index contributed by atoms with van der Waals surface area (Å²) in [5.41, 5.74) is 1.21. The van der Waals surface area contributed by atoms with Gasteiger partial charge >= 0.3 is 0 Å². The van der Waals surface area contributed by atoms with Gasteiger partial charge in [0.05, 0.1) is 11.2 Å². The second kappa shape index (κ2) is 5.92. The lowest BCUT2D eigenvalue weighted by atomic mass is 10.1. The van der Waals surface area contributed by atoms with Gasteiger partial charge in [-0.2, -0.15) is 0 Å². The molecule has 3 aromatic rings. The molecule has 0 saturated carbocycles. The monoisotopic (exact) mass is 374 g/mol. The van der Waals surface area contributed by atoms with Gasteiger partial charge < -0.3 is 4.52 Å². The van der Waals surface area contributed by atoms with Crippen molar-refractivity contribution < 1.29 is 12.9 Å². The van der Waals surface area contributed by atoms with Crippen LogP contribution in [0.3, 0.4) is 0 Å². The molecule has 114 valence electrons. The molecule has 9 heteroatoms. The van der Waals surface area contributed by atoms with Crippen LogP contribution in [-0.2, 0) is 10.0 Å². The highest BCUT2D eigenvalue weighted by Gasteiger charge is 2.19. The maximum absolute atomic E-state index is 12.2. The minimum Gasteiger partial charge on any atom is -0.356 e. The van der Waals surface area contributed by atoms with Gasteiger partial charge in [0.15, 0.2) is 5.76 Å². The molecule has 1 aromatic carbocycles. The number of nitrogens with one attached hydrogen (secondary N) is 1. The van der Waals surface area contributed by atoms with Gasteiger partial charge in [0.1, 0.15) is 8.55 Å². The van der Waals surface area contributed by atoms with Crippen molar-refractivity contribution in [3.63, 3.8) is 0 Å². The molecule has 1 N–H and O–H groups in total. The van der Waals surface area contributed by atoms with Gasteiger partial charge in [-0.1, -0.05) is 28.4 Å². The summed E-state index contributed by atoms with van der Waals surface area (Å²) in [7, 11) is -3.72. The second-order valence-corrected chi connectivity index (χ2v) is 8.22. The van der Waals surface area contributed by atoms with Crippen LogP contribution in [0.1, 0.15) is 0 Å². The van der Waals surface area contributed by atoms with Crippen molar-refractivity contribution in [1.29, 1.82) is 0 Å². The van der Waals surface area contributed by atoms with Gasteiger partial charge in [0.25, 0.3) is 10.0 Å². The zero-order valence-corrected chi connectivity index (χ0v) is 13.9.